The highest BCUT2D eigenvalue weighted by Gasteiger charge is 2.43. The summed E-state index contributed by atoms with van der Waals surface area (Å²) in [5.74, 6) is 0.124. The minimum absolute atomic E-state index is 0. The largest absolute Gasteiger partial charge is 0.354 e. The maximum atomic E-state index is 13.3. The second-order valence-electron chi connectivity index (χ2n) is 12.0. The number of likely N-dealkylation sites (tertiary alicyclic amines) is 3. The van der Waals surface area contributed by atoms with Gasteiger partial charge in [-0.2, -0.15) is 4.98 Å². The fourth-order valence-corrected chi connectivity index (χ4v) is 6.24. The number of carbonyl (C=O) groups is 2. The number of halogens is 1. The number of fused-ring (bicyclic) bond motifs is 1. The van der Waals surface area contributed by atoms with Gasteiger partial charge >= 0.3 is 11.7 Å². The van der Waals surface area contributed by atoms with Crippen LogP contribution in [0.25, 0.3) is 5.69 Å². The number of hydrogen-bond donors (Lipinski definition) is 3. The molecule has 3 saturated heterocycles. The van der Waals surface area contributed by atoms with Crippen LogP contribution in [0.5, 0.6) is 0 Å². The van der Waals surface area contributed by atoms with Gasteiger partial charge in [0.15, 0.2) is 0 Å². The average Bonchev–Trinajstić information content (AvgIpc) is 2.93. The Balaban J connectivity index is 0.00000387. The monoisotopic (exact) mass is 586 g/mol. The van der Waals surface area contributed by atoms with Gasteiger partial charge in [0, 0.05) is 31.9 Å². The summed E-state index contributed by atoms with van der Waals surface area (Å²) in [5.41, 5.74) is 12.6. The highest BCUT2D eigenvalue weighted by atomic mass is 35.5. The number of anilines is 1. The van der Waals surface area contributed by atoms with Gasteiger partial charge in [-0.1, -0.05) is 12.1 Å². The Kier molecular flexibility index (Phi) is 9.73. The normalized spacial score (nSPS) is 22.0. The predicted octanol–water partition coefficient (Wildman–Crippen LogP) is 2.30. The number of piperidine rings is 3. The molecule has 1 aromatic heterocycles. The second-order valence-corrected chi connectivity index (χ2v) is 12.0. The van der Waals surface area contributed by atoms with Crippen LogP contribution in [-0.4, -0.2) is 86.0 Å². The smallest absolute Gasteiger partial charge is 0.336 e. The summed E-state index contributed by atoms with van der Waals surface area (Å²) < 4.78 is 1.47. The van der Waals surface area contributed by atoms with E-state index in [1.165, 1.54) is 10.1 Å². The predicted molar refractivity (Wildman–Crippen MR) is 161 cm³/mol. The Bertz CT molecular complexity index is 1270. The highest BCUT2D eigenvalue weighted by molar-refractivity contribution is 5.89. The number of benzene rings is 1. The molecule has 3 amide bonds. The third-order valence-electron chi connectivity index (χ3n) is 8.41. The van der Waals surface area contributed by atoms with E-state index in [9.17, 15) is 14.4 Å². The van der Waals surface area contributed by atoms with Crippen LogP contribution < -0.4 is 22.5 Å². The molecule has 5 N–H and O–H groups in total. The zero-order valence-corrected chi connectivity index (χ0v) is 24.8. The highest BCUT2D eigenvalue weighted by Crippen LogP contribution is 2.31. The van der Waals surface area contributed by atoms with Gasteiger partial charge in [0.2, 0.25) is 5.91 Å². The van der Waals surface area contributed by atoms with Crippen LogP contribution in [0.15, 0.2) is 41.3 Å². The molecule has 1 aromatic carbocycles. The summed E-state index contributed by atoms with van der Waals surface area (Å²) in [7, 11) is 0. The lowest BCUT2D eigenvalue weighted by molar-refractivity contribution is -0.142. The van der Waals surface area contributed by atoms with Crippen LogP contribution in [0.1, 0.15) is 57.9 Å². The number of aromatic nitrogens is 2. The van der Waals surface area contributed by atoms with Crippen molar-refractivity contribution < 1.29 is 9.59 Å². The standard InChI is InChI=1S/C29H42N8O3.ClH/c1-29(2,31)26(38)36-14-3-6-24-23(36)5-4-15-37(24)28(40)33-25-13-18-35(27(39)32-25)22-9-7-20(8-10-22)19-34-16-11-21(30)12-17-34;/h7-10,13,18,21,23-24H,3-6,11-12,14-17,19,30-31H2,1-2H3,(H,32,33,39,40);1H. The van der Waals surface area contributed by atoms with E-state index in [4.69, 9.17) is 11.5 Å². The Morgan fingerprint density at radius 3 is 2.17 bits per heavy atom. The van der Waals surface area contributed by atoms with E-state index >= 15 is 0 Å². The van der Waals surface area contributed by atoms with Crippen LogP contribution in [-0.2, 0) is 11.3 Å². The Morgan fingerprint density at radius 2 is 1.56 bits per heavy atom. The Morgan fingerprint density at radius 1 is 0.951 bits per heavy atom. The van der Waals surface area contributed by atoms with Gasteiger partial charge in [-0.15, -0.1) is 12.4 Å². The molecule has 0 bridgehead atoms. The second kappa shape index (κ2) is 12.9. The number of amides is 3. The van der Waals surface area contributed by atoms with E-state index in [0.29, 0.717) is 24.8 Å². The van der Waals surface area contributed by atoms with E-state index in [1.54, 1.807) is 31.0 Å². The number of hydrogen-bond acceptors (Lipinski definition) is 7. The van der Waals surface area contributed by atoms with Gasteiger partial charge in [0.25, 0.3) is 0 Å². The maximum Gasteiger partial charge on any atom is 0.354 e. The average molecular weight is 587 g/mol. The van der Waals surface area contributed by atoms with E-state index in [0.717, 1.165) is 58.2 Å². The molecule has 0 aliphatic carbocycles. The first kappa shape index (κ1) is 31.0. The van der Waals surface area contributed by atoms with Gasteiger partial charge in [0.1, 0.15) is 5.82 Å². The van der Waals surface area contributed by atoms with E-state index in [2.05, 4.69) is 15.2 Å². The van der Waals surface area contributed by atoms with E-state index in [1.807, 2.05) is 29.2 Å². The summed E-state index contributed by atoms with van der Waals surface area (Å²) in [6.45, 7) is 7.56. The van der Waals surface area contributed by atoms with Crippen molar-refractivity contribution in [2.24, 2.45) is 11.5 Å². The molecule has 4 heterocycles. The van der Waals surface area contributed by atoms with Crippen molar-refractivity contribution in [2.75, 3.05) is 31.5 Å². The molecule has 3 aliphatic heterocycles. The van der Waals surface area contributed by atoms with Crippen molar-refractivity contribution in [2.45, 2.75) is 82.6 Å². The third kappa shape index (κ3) is 7.09. The molecule has 224 valence electrons. The zero-order valence-electron chi connectivity index (χ0n) is 24.0. The summed E-state index contributed by atoms with van der Waals surface area (Å²) >= 11 is 0. The molecule has 11 nitrogen and oxygen atoms in total. The number of carbonyl (C=O) groups excluding carboxylic acids is 2. The molecule has 0 radical (unpaired) electrons. The first-order valence-electron chi connectivity index (χ1n) is 14.4. The Labute approximate surface area is 247 Å². The van der Waals surface area contributed by atoms with Crippen molar-refractivity contribution in [1.82, 2.24) is 24.3 Å². The first-order valence-corrected chi connectivity index (χ1v) is 14.4. The number of urea groups is 1. The molecule has 2 unspecified atom stereocenters. The molecule has 5 rings (SSSR count). The summed E-state index contributed by atoms with van der Waals surface area (Å²) in [5, 5.41) is 2.82. The molecule has 12 heteroatoms. The maximum absolute atomic E-state index is 13.3. The fourth-order valence-electron chi connectivity index (χ4n) is 6.24. The van der Waals surface area contributed by atoms with Gasteiger partial charge < -0.3 is 21.3 Å². The quantitative estimate of drug-likeness (QED) is 0.488. The minimum atomic E-state index is -0.956. The Hall–Kier alpha value is -2.99. The molecule has 0 spiro atoms. The molecule has 3 fully saturated rings. The lowest BCUT2D eigenvalue weighted by Gasteiger charge is -2.50. The van der Waals surface area contributed by atoms with Crippen LogP contribution in [0.4, 0.5) is 10.6 Å². The van der Waals surface area contributed by atoms with Crippen LogP contribution in [0.3, 0.4) is 0 Å². The van der Waals surface area contributed by atoms with Crippen molar-refractivity contribution in [3.8, 4) is 5.69 Å². The lowest BCUT2D eigenvalue weighted by Crippen LogP contribution is -2.65. The number of nitrogens with one attached hydrogen (secondary N) is 1. The van der Waals surface area contributed by atoms with Gasteiger partial charge in [-0.3, -0.25) is 19.6 Å². The molecule has 3 aliphatic rings. The summed E-state index contributed by atoms with van der Waals surface area (Å²) in [6, 6.07) is 9.39. The topological polar surface area (TPSA) is 143 Å². The number of nitrogens with two attached hydrogens (primary N) is 2. The SMILES string of the molecule is CC(C)(N)C(=O)N1CCCC2C1CCCN2C(=O)Nc1ccn(-c2ccc(CN3CCC(N)CC3)cc2)c(=O)n1.Cl. The molecule has 2 aromatic rings. The number of rotatable bonds is 5. The van der Waals surface area contributed by atoms with Crippen molar-refractivity contribution >= 4 is 30.2 Å². The molecule has 41 heavy (non-hydrogen) atoms. The molecule has 2 atom stereocenters. The van der Waals surface area contributed by atoms with Gasteiger partial charge in [-0.05, 0) is 89.2 Å². The van der Waals surface area contributed by atoms with Crippen LogP contribution in [0.2, 0.25) is 0 Å². The van der Waals surface area contributed by atoms with Crippen molar-refractivity contribution in [1.29, 1.82) is 0 Å². The summed E-state index contributed by atoms with van der Waals surface area (Å²) in [4.78, 5) is 49.4. The lowest BCUT2D eigenvalue weighted by atomic mass is 9.86. The first-order chi connectivity index (χ1) is 19.1. The van der Waals surface area contributed by atoms with Gasteiger partial charge in [0.05, 0.1) is 23.3 Å². The van der Waals surface area contributed by atoms with E-state index in [-0.39, 0.29) is 42.2 Å². The van der Waals surface area contributed by atoms with Crippen LogP contribution in [0, 0.1) is 0 Å². The fraction of sp³-hybridized carbons (Fsp3) is 0.586. The molecular weight excluding hydrogens is 544 g/mol. The molecule has 0 saturated carbocycles. The number of nitrogens with zero attached hydrogens (tertiary/aromatic N) is 5. The summed E-state index contributed by atoms with van der Waals surface area (Å²) in [6.07, 6.45) is 6.94. The van der Waals surface area contributed by atoms with Gasteiger partial charge in [-0.25, -0.2) is 9.59 Å². The van der Waals surface area contributed by atoms with Crippen molar-refractivity contribution in [3.63, 3.8) is 0 Å². The minimum Gasteiger partial charge on any atom is -0.336 e. The third-order valence-corrected chi connectivity index (χ3v) is 8.41. The van der Waals surface area contributed by atoms with Crippen molar-refractivity contribution in [3.05, 3.63) is 52.6 Å². The van der Waals surface area contributed by atoms with Crippen LogP contribution >= 0.6 is 12.4 Å². The van der Waals surface area contributed by atoms with E-state index < -0.39 is 11.2 Å². The molecular formula is C29H43ClN8O3. The zero-order chi connectivity index (χ0) is 28.4.